The first-order valence-electron chi connectivity index (χ1n) is 5.28. The molecule has 0 atom stereocenters. The molecule has 0 aliphatic carbocycles. The maximum atomic E-state index is 6.09. The third-order valence-corrected chi connectivity index (χ3v) is 3.73. The number of alkyl halides is 1. The molecule has 1 aromatic heterocycles. The molecule has 90 valence electrons. The van der Waals surface area contributed by atoms with Crippen LogP contribution in [0.1, 0.15) is 11.1 Å². The highest BCUT2D eigenvalue weighted by molar-refractivity contribution is 7.07. The van der Waals surface area contributed by atoms with Crippen molar-refractivity contribution in [2.75, 3.05) is 6.61 Å². The standard InChI is InChI=1S/C13H12Cl2OS/c14-8-11-2-1-3-12(15)13(11)16-6-4-10-5-7-17-9-10/h1-3,5,7,9H,4,6,8H2. The van der Waals surface area contributed by atoms with Crippen LogP contribution in [0, 0.1) is 0 Å². The molecule has 0 spiro atoms. The minimum absolute atomic E-state index is 0.411. The van der Waals surface area contributed by atoms with Gasteiger partial charge in [0.15, 0.2) is 0 Å². The molecule has 0 aliphatic rings. The Morgan fingerprint density at radius 3 is 2.82 bits per heavy atom. The molecule has 0 fully saturated rings. The molecule has 0 saturated carbocycles. The van der Waals surface area contributed by atoms with Gasteiger partial charge in [0, 0.05) is 12.0 Å². The number of ether oxygens (including phenoxy) is 1. The molecule has 1 nitrogen and oxygen atoms in total. The van der Waals surface area contributed by atoms with Crippen LogP contribution in [0.3, 0.4) is 0 Å². The van der Waals surface area contributed by atoms with Crippen molar-refractivity contribution in [3.8, 4) is 5.75 Å². The minimum atomic E-state index is 0.411. The van der Waals surface area contributed by atoms with Crippen molar-refractivity contribution in [2.45, 2.75) is 12.3 Å². The molecule has 0 radical (unpaired) electrons. The molecule has 0 N–H and O–H groups in total. The Hall–Kier alpha value is -0.700. The van der Waals surface area contributed by atoms with Gasteiger partial charge in [0.1, 0.15) is 5.75 Å². The van der Waals surface area contributed by atoms with Crippen LogP contribution in [0.4, 0.5) is 0 Å². The second kappa shape index (κ2) is 6.29. The van der Waals surface area contributed by atoms with Gasteiger partial charge in [-0.3, -0.25) is 0 Å². The van der Waals surface area contributed by atoms with Crippen molar-refractivity contribution in [2.24, 2.45) is 0 Å². The smallest absolute Gasteiger partial charge is 0.142 e. The van der Waals surface area contributed by atoms with E-state index in [1.165, 1.54) is 5.56 Å². The Balaban J connectivity index is 1.98. The lowest BCUT2D eigenvalue weighted by Gasteiger charge is -2.11. The van der Waals surface area contributed by atoms with E-state index in [9.17, 15) is 0 Å². The summed E-state index contributed by atoms with van der Waals surface area (Å²) in [6.07, 6.45) is 0.885. The number of rotatable bonds is 5. The van der Waals surface area contributed by atoms with Gasteiger partial charge in [-0.05, 0) is 28.5 Å². The molecule has 2 rings (SSSR count). The molecular formula is C13H12Cl2OS. The molecular weight excluding hydrogens is 275 g/mol. The lowest BCUT2D eigenvalue weighted by Crippen LogP contribution is -2.02. The first-order valence-corrected chi connectivity index (χ1v) is 7.14. The number of hydrogen-bond donors (Lipinski definition) is 0. The fourth-order valence-electron chi connectivity index (χ4n) is 1.53. The minimum Gasteiger partial charge on any atom is -0.491 e. The summed E-state index contributed by atoms with van der Waals surface area (Å²) in [4.78, 5) is 0. The van der Waals surface area contributed by atoms with Gasteiger partial charge in [-0.25, -0.2) is 0 Å². The Bertz CT molecular complexity index is 468. The van der Waals surface area contributed by atoms with Gasteiger partial charge < -0.3 is 4.74 Å². The van der Waals surface area contributed by atoms with Crippen molar-refractivity contribution >= 4 is 34.5 Å². The Labute approximate surface area is 115 Å². The van der Waals surface area contributed by atoms with Crippen LogP contribution in [0.2, 0.25) is 5.02 Å². The van der Waals surface area contributed by atoms with Crippen LogP contribution < -0.4 is 4.74 Å². The highest BCUT2D eigenvalue weighted by atomic mass is 35.5. The van der Waals surface area contributed by atoms with E-state index in [2.05, 4.69) is 16.8 Å². The van der Waals surface area contributed by atoms with Gasteiger partial charge in [-0.2, -0.15) is 11.3 Å². The normalized spacial score (nSPS) is 10.5. The molecule has 1 aromatic carbocycles. The molecule has 0 saturated heterocycles. The Kier molecular flexibility index (Phi) is 4.72. The number of hydrogen-bond acceptors (Lipinski definition) is 2. The maximum absolute atomic E-state index is 6.09. The van der Waals surface area contributed by atoms with E-state index in [1.54, 1.807) is 11.3 Å². The molecule has 0 bridgehead atoms. The highest BCUT2D eigenvalue weighted by Crippen LogP contribution is 2.29. The summed E-state index contributed by atoms with van der Waals surface area (Å²) in [5.41, 5.74) is 2.22. The number of thiophene rings is 1. The molecule has 2 aromatic rings. The first-order chi connectivity index (χ1) is 8.31. The van der Waals surface area contributed by atoms with Gasteiger partial charge in [-0.1, -0.05) is 23.7 Å². The quantitative estimate of drug-likeness (QED) is 0.720. The summed E-state index contributed by atoms with van der Waals surface area (Å²) in [5, 5.41) is 4.81. The highest BCUT2D eigenvalue weighted by Gasteiger charge is 2.07. The molecule has 0 aliphatic heterocycles. The van der Waals surface area contributed by atoms with Gasteiger partial charge in [0.25, 0.3) is 0 Å². The van der Waals surface area contributed by atoms with E-state index in [4.69, 9.17) is 27.9 Å². The average molecular weight is 287 g/mol. The molecule has 4 heteroatoms. The van der Waals surface area contributed by atoms with E-state index in [1.807, 2.05) is 18.2 Å². The van der Waals surface area contributed by atoms with Crippen LogP contribution in [0.15, 0.2) is 35.0 Å². The van der Waals surface area contributed by atoms with E-state index in [-0.39, 0.29) is 0 Å². The van der Waals surface area contributed by atoms with Crippen molar-refractivity contribution < 1.29 is 4.74 Å². The average Bonchev–Trinajstić information content (AvgIpc) is 2.84. The Morgan fingerprint density at radius 2 is 2.12 bits per heavy atom. The van der Waals surface area contributed by atoms with Crippen molar-refractivity contribution in [3.63, 3.8) is 0 Å². The van der Waals surface area contributed by atoms with Gasteiger partial charge >= 0.3 is 0 Å². The van der Waals surface area contributed by atoms with Gasteiger partial charge in [0.05, 0.1) is 17.5 Å². The molecule has 1 heterocycles. The summed E-state index contributed by atoms with van der Waals surface area (Å²) in [6, 6.07) is 7.73. The lowest BCUT2D eigenvalue weighted by molar-refractivity contribution is 0.320. The predicted octanol–water partition coefficient (Wildman–Crippen LogP) is 4.76. The lowest BCUT2D eigenvalue weighted by atomic mass is 10.2. The summed E-state index contributed by atoms with van der Waals surface area (Å²) < 4.78 is 5.72. The summed E-state index contributed by atoms with van der Waals surface area (Å²) in [6.45, 7) is 0.615. The number of halogens is 2. The van der Waals surface area contributed by atoms with Crippen molar-refractivity contribution in [1.29, 1.82) is 0 Å². The number of benzene rings is 1. The largest absolute Gasteiger partial charge is 0.491 e. The number of para-hydroxylation sites is 1. The van der Waals surface area contributed by atoms with E-state index in [0.29, 0.717) is 23.3 Å². The first kappa shape index (κ1) is 12.7. The van der Waals surface area contributed by atoms with Crippen LogP contribution in [-0.2, 0) is 12.3 Å². The monoisotopic (exact) mass is 286 g/mol. The van der Waals surface area contributed by atoms with Crippen LogP contribution in [0.25, 0.3) is 0 Å². The molecule has 17 heavy (non-hydrogen) atoms. The van der Waals surface area contributed by atoms with Gasteiger partial charge in [-0.15, -0.1) is 11.6 Å². The zero-order valence-electron chi connectivity index (χ0n) is 9.16. The fraction of sp³-hybridized carbons (Fsp3) is 0.231. The zero-order valence-corrected chi connectivity index (χ0v) is 11.5. The summed E-state index contributed by atoms with van der Waals surface area (Å²) in [7, 11) is 0. The fourth-order valence-corrected chi connectivity index (χ4v) is 2.69. The van der Waals surface area contributed by atoms with Crippen LogP contribution >= 0.6 is 34.5 Å². The van der Waals surface area contributed by atoms with E-state index < -0.39 is 0 Å². The van der Waals surface area contributed by atoms with Crippen LogP contribution in [0.5, 0.6) is 5.75 Å². The molecule has 0 unspecified atom stereocenters. The SMILES string of the molecule is ClCc1cccc(Cl)c1OCCc1ccsc1. The third kappa shape index (κ3) is 3.38. The van der Waals surface area contributed by atoms with E-state index in [0.717, 1.165) is 12.0 Å². The van der Waals surface area contributed by atoms with Gasteiger partial charge in [0.2, 0.25) is 0 Å². The van der Waals surface area contributed by atoms with Crippen molar-refractivity contribution in [3.05, 3.63) is 51.2 Å². The third-order valence-electron chi connectivity index (χ3n) is 2.41. The predicted molar refractivity (Wildman–Crippen MR) is 74.5 cm³/mol. The molecule has 0 amide bonds. The summed E-state index contributed by atoms with van der Waals surface area (Å²) in [5.74, 6) is 1.12. The Morgan fingerprint density at radius 1 is 1.24 bits per heavy atom. The summed E-state index contributed by atoms with van der Waals surface area (Å²) >= 11 is 13.6. The van der Waals surface area contributed by atoms with Crippen LogP contribution in [-0.4, -0.2) is 6.61 Å². The van der Waals surface area contributed by atoms with E-state index >= 15 is 0 Å². The second-order valence-corrected chi connectivity index (χ2v) is 5.05. The maximum Gasteiger partial charge on any atom is 0.142 e. The topological polar surface area (TPSA) is 9.23 Å². The van der Waals surface area contributed by atoms with Crippen molar-refractivity contribution in [1.82, 2.24) is 0 Å². The second-order valence-electron chi connectivity index (χ2n) is 3.59. The zero-order chi connectivity index (χ0) is 12.1.